The SMILES string of the molecule is COc1cccc(-c2nc(C(=O)NCC(F)(F)F)cs2)c1OC. The highest BCUT2D eigenvalue weighted by atomic mass is 32.1. The van der Waals surface area contributed by atoms with Gasteiger partial charge in [0.2, 0.25) is 0 Å². The van der Waals surface area contributed by atoms with Crippen molar-refractivity contribution in [1.29, 1.82) is 0 Å². The average Bonchev–Trinajstić information content (AvgIpc) is 3.00. The largest absolute Gasteiger partial charge is 0.493 e. The third kappa shape index (κ3) is 4.13. The Morgan fingerprint density at radius 1 is 1.30 bits per heavy atom. The summed E-state index contributed by atoms with van der Waals surface area (Å²) in [4.78, 5) is 15.8. The van der Waals surface area contributed by atoms with E-state index in [9.17, 15) is 18.0 Å². The highest BCUT2D eigenvalue weighted by Gasteiger charge is 2.28. The van der Waals surface area contributed by atoms with Gasteiger partial charge in [0.25, 0.3) is 5.91 Å². The Kier molecular flexibility index (Phi) is 5.09. The van der Waals surface area contributed by atoms with E-state index in [1.54, 1.807) is 23.5 Å². The van der Waals surface area contributed by atoms with Crippen LogP contribution in [0.5, 0.6) is 11.5 Å². The molecule has 0 aliphatic heterocycles. The molecule has 0 saturated carbocycles. The summed E-state index contributed by atoms with van der Waals surface area (Å²) >= 11 is 1.12. The number of alkyl halides is 3. The summed E-state index contributed by atoms with van der Waals surface area (Å²) in [5.74, 6) is 0.0431. The van der Waals surface area contributed by atoms with E-state index < -0.39 is 18.6 Å². The summed E-state index contributed by atoms with van der Waals surface area (Å²) in [6.07, 6.45) is -4.47. The summed E-state index contributed by atoms with van der Waals surface area (Å²) in [5.41, 5.74) is 0.505. The van der Waals surface area contributed by atoms with E-state index >= 15 is 0 Å². The first-order chi connectivity index (χ1) is 10.9. The molecule has 9 heteroatoms. The number of rotatable bonds is 5. The summed E-state index contributed by atoms with van der Waals surface area (Å²) in [7, 11) is 2.95. The normalized spacial score (nSPS) is 11.2. The molecule has 0 spiro atoms. The summed E-state index contributed by atoms with van der Waals surface area (Å²) < 4.78 is 46.8. The summed E-state index contributed by atoms with van der Waals surface area (Å²) in [6, 6.07) is 5.14. The molecule has 5 nitrogen and oxygen atoms in total. The van der Waals surface area contributed by atoms with Gasteiger partial charge in [0.15, 0.2) is 11.5 Å². The molecule has 0 saturated heterocycles. The van der Waals surface area contributed by atoms with Gasteiger partial charge in [-0.15, -0.1) is 11.3 Å². The van der Waals surface area contributed by atoms with Gasteiger partial charge in [-0.05, 0) is 12.1 Å². The predicted octanol–water partition coefficient (Wildman–Crippen LogP) is 3.12. The van der Waals surface area contributed by atoms with E-state index in [1.165, 1.54) is 19.6 Å². The highest BCUT2D eigenvalue weighted by Crippen LogP contribution is 2.38. The quantitative estimate of drug-likeness (QED) is 0.904. The lowest BCUT2D eigenvalue weighted by molar-refractivity contribution is -0.123. The molecule has 0 atom stereocenters. The molecule has 0 aliphatic rings. The number of hydrogen-bond donors (Lipinski definition) is 1. The van der Waals surface area contributed by atoms with Crippen LogP contribution in [0, 0.1) is 0 Å². The minimum absolute atomic E-state index is 0.0841. The first kappa shape index (κ1) is 17.1. The maximum absolute atomic E-state index is 12.1. The van der Waals surface area contributed by atoms with Crippen LogP contribution in [0.4, 0.5) is 13.2 Å². The van der Waals surface area contributed by atoms with Gasteiger partial charge in [-0.1, -0.05) is 6.07 Å². The third-order valence-electron chi connectivity index (χ3n) is 2.82. The number of ether oxygens (including phenoxy) is 2. The van der Waals surface area contributed by atoms with Crippen LogP contribution >= 0.6 is 11.3 Å². The topological polar surface area (TPSA) is 60.5 Å². The minimum Gasteiger partial charge on any atom is -0.493 e. The zero-order valence-electron chi connectivity index (χ0n) is 12.2. The van der Waals surface area contributed by atoms with E-state index in [1.807, 2.05) is 0 Å². The molecule has 124 valence electrons. The first-order valence-electron chi connectivity index (χ1n) is 6.37. The molecule has 0 unspecified atom stereocenters. The Labute approximate surface area is 134 Å². The zero-order chi connectivity index (χ0) is 17.0. The highest BCUT2D eigenvalue weighted by molar-refractivity contribution is 7.13. The van der Waals surface area contributed by atoms with E-state index in [2.05, 4.69) is 4.98 Å². The van der Waals surface area contributed by atoms with Gasteiger partial charge in [-0.3, -0.25) is 4.79 Å². The van der Waals surface area contributed by atoms with Gasteiger partial charge in [0, 0.05) is 5.38 Å². The maximum atomic E-state index is 12.1. The van der Waals surface area contributed by atoms with Crippen LogP contribution in [0.25, 0.3) is 10.6 Å². The van der Waals surface area contributed by atoms with Crippen LogP contribution in [0.3, 0.4) is 0 Å². The molecule has 0 aliphatic carbocycles. The Balaban J connectivity index is 2.24. The van der Waals surface area contributed by atoms with Crippen molar-refractivity contribution in [1.82, 2.24) is 10.3 Å². The van der Waals surface area contributed by atoms with Crippen molar-refractivity contribution in [3.05, 3.63) is 29.3 Å². The number of carbonyl (C=O) groups excluding carboxylic acids is 1. The molecular weight excluding hydrogens is 333 g/mol. The minimum atomic E-state index is -4.47. The van der Waals surface area contributed by atoms with Crippen LogP contribution in [0.15, 0.2) is 23.6 Å². The van der Waals surface area contributed by atoms with Gasteiger partial charge in [-0.25, -0.2) is 4.98 Å². The predicted molar refractivity (Wildman–Crippen MR) is 79.0 cm³/mol. The zero-order valence-corrected chi connectivity index (χ0v) is 13.0. The van der Waals surface area contributed by atoms with Crippen LogP contribution in [0.2, 0.25) is 0 Å². The maximum Gasteiger partial charge on any atom is 0.405 e. The number of para-hydroxylation sites is 1. The van der Waals surface area contributed by atoms with Gasteiger partial charge in [-0.2, -0.15) is 13.2 Å². The number of nitrogens with one attached hydrogen (secondary N) is 1. The Bertz CT molecular complexity index is 701. The third-order valence-corrected chi connectivity index (χ3v) is 3.70. The average molecular weight is 346 g/mol. The second-order valence-corrected chi connectivity index (χ2v) is 5.23. The standard InChI is InChI=1S/C14H13F3N2O3S/c1-21-10-5-3-4-8(11(10)22-2)13-19-9(6-23-13)12(20)18-7-14(15,16)17/h3-6H,7H2,1-2H3,(H,18,20). The lowest BCUT2D eigenvalue weighted by Gasteiger charge is -2.10. The fourth-order valence-electron chi connectivity index (χ4n) is 1.83. The van der Waals surface area contributed by atoms with Gasteiger partial charge >= 0.3 is 6.18 Å². The number of nitrogens with zero attached hydrogens (tertiary/aromatic N) is 1. The Hall–Kier alpha value is -2.29. The number of methoxy groups -OCH3 is 2. The van der Waals surface area contributed by atoms with E-state index in [4.69, 9.17) is 9.47 Å². The monoisotopic (exact) mass is 346 g/mol. The lowest BCUT2D eigenvalue weighted by Crippen LogP contribution is -2.33. The molecule has 1 N–H and O–H groups in total. The second kappa shape index (κ2) is 6.86. The molecule has 2 rings (SSSR count). The first-order valence-corrected chi connectivity index (χ1v) is 7.25. The van der Waals surface area contributed by atoms with Crippen LogP contribution < -0.4 is 14.8 Å². The van der Waals surface area contributed by atoms with Crippen LogP contribution in [0.1, 0.15) is 10.5 Å². The molecule has 0 bridgehead atoms. The van der Waals surface area contributed by atoms with E-state index in [0.717, 1.165) is 11.3 Å². The number of halogens is 3. The Morgan fingerprint density at radius 2 is 2.04 bits per heavy atom. The fraction of sp³-hybridized carbons (Fsp3) is 0.286. The van der Waals surface area contributed by atoms with Crippen molar-refractivity contribution in [2.75, 3.05) is 20.8 Å². The lowest BCUT2D eigenvalue weighted by atomic mass is 10.2. The number of aromatic nitrogens is 1. The number of amides is 1. The van der Waals surface area contributed by atoms with Crippen molar-refractivity contribution >= 4 is 17.2 Å². The van der Waals surface area contributed by atoms with Crippen LogP contribution in [-0.4, -0.2) is 37.8 Å². The van der Waals surface area contributed by atoms with Crippen molar-refractivity contribution in [3.63, 3.8) is 0 Å². The van der Waals surface area contributed by atoms with Gasteiger partial charge in [0.1, 0.15) is 17.2 Å². The van der Waals surface area contributed by atoms with Crippen molar-refractivity contribution in [3.8, 4) is 22.1 Å². The van der Waals surface area contributed by atoms with E-state index in [0.29, 0.717) is 22.1 Å². The van der Waals surface area contributed by atoms with E-state index in [-0.39, 0.29) is 5.69 Å². The summed E-state index contributed by atoms with van der Waals surface area (Å²) in [6.45, 7) is -1.40. The molecule has 23 heavy (non-hydrogen) atoms. The molecule has 1 aromatic heterocycles. The van der Waals surface area contributed by atoms with Crippen molar-refractivity contribution < 1.29 is 27.4 Å². The number of hydrogen-bond acceptors (Lipinski definition) is 5. The number of thiazole rings is 1. The molecule has 2 aromatic rings. The summed E-state index contributed by atoms with van der Waals surface area (Å²) in [5, 5.41) is 3.61. The smallest absolute Gasteiger partial charge is 0.405 e. The molecule has 1 amide bonds. The van der Waals surface area contributed by atoms with Crippen molar-refractivity contribution in [2.45, 2.75) is 6.18 Å². The fourth-order valence-corrected chi connectivity index (χ4v) is 2.65. The van der Waals surface area contributed by atoms with Gasteiger partial charge in [0.05, 0.1) is 19.8 Å². The molecule has 0 radical (unpaired) electrons. The molecule has 1 heterocycles. The number of carbonyl (C=O) groups is 1. The molecule has 0 fully saturated rings. The van der Waals surface area contributed by atoms with Gasteiger partial charge < -0.3 is 14.8 Å². The van der Waals surface area contributed by atoms with Crippen LogP contribution in [-0.2, 0) is 0 Å². The molecular formula is C14H13F3N2O3S. The molecule has 1 aromatic carbocycles. The second-order valence-electron chi connectivity index (χ2n) is 4.38. The Morgan fingerprint density at radius 3 is 2.65 bits per heavy atom. The van der Waals surface area contributed by atoms with Crippen molar-refractivity contribution in [2.24, 2.45) is 0 Å². The number of benzene rings is 1.